The zero-order valence-corrected chi connectivity index (χ0v) is 10.5. The molecule has 3 N–H and O–H groups in total. The van der Waals surface area contributed by atoms with E-state index in [1.807, 2.05) is 0 Å². The van der Waals surface area contributed by atoms with Crippen molar-refractivity contribution < 1.29 is 19.5 Å². The Bertz CT molecular complexity index is 272. The van der Waals surface area contributed by atoms with E-state index in [9.17, 15) is 14.4 Å². The summed E-state index contributed by atoms with van der Waals surface area (Å²) in [6.45, 7) is 0. The van der Waals surface area contributed by atoms with Crippen LogP contribution in [0.3, 0.4) is 0 Å². The molecule has 2 amide bonds. The van der Waals surface area contributed by atoms with E-state index >= 15 is 0 Å². The van der Waals surface area contributed by atoms with Crippen molar-refractivity contribution in [3.63, 3.8) is 0 Å². The fourth-order valence-corrected chi connectivity index (χ4v) is 0.814. The average Bonchev–Trinajstić information content (AvgIpc) is 3.23. The Labute approximate surface area is 107 Å². The molecule has 0 saturated heterocycles. The van der Waals surface area contributed by atoms with Gasteiger partial charge >= 0.3 is 5.97 Å². The van der Waals surface area contributed by atoms with Crippen LogP contribution in [0.2, 0.25) is 0 Å². The summed E-state index contributed by atoms with van der Waals surface area (Å²) in [6, 6.07) is -0.765. The van der Waals surface area contributed by atoms with E-state index in [-0.39, 0.29) is 12.8 Å². The minimum atomic E-state index is -0.999. The number of aliphatic carboxylic acids is 1. The first-order chi connectivity index (χ1) is 8.61. The summed E-state index contributed by atoms with van der Waals surface area (Å²) in [7, 11) is 1.42. The minimum Gasteiger partial charge on any atom is -0.481 e. The number of carbonyl (C=O) groups excluding carboxylic acids is 2. The normalized spacial score (nSPS) is 12.4. The van der Waals surface area contributed by atoms with Crippen molar-refractivity contribution in [2.45, 2.75) is 38.1 Å². The standard InChI is InChI=1S/C7H12N2O4.C3H6.C2H2/c1-8-7(13)5(9-4-10)2-3-6(11)12;1-2-3-1;1-2/h4-5H,2-3H2,1H3,(H,8,13)(H,9,10)(H,11,12);1-3H2;1-2H/t5-;;/m1../s1. The van der Waals surface area contributed by atoms with Crippen LogP contribution in [0.5, 0.6) is 0 Å². The van der Waals surface area contributed by atoms with Gasteiger partial charge in [0, 0.05) is 13.5 Å². The zero-order valence-electron chi connectivity index (χ0n) is 10.5. The number of nitrogens with one attached hydrogen (secondary N) is 2. The van der Waals surface area contributed by atoms with Crippen molar-refractivity contribution >= 4 is 18.3 Å². The van der Waals surface area contributed by atoms with Gasteiger partial charge in [-0.2, -0.15) is 0 Å². The highest BCUT2D eigenvalue weighted by Crippen LogP contribution is 2.14. The molecule has 18 heavy (non-hydrogen) atoms. The van der Waals surface area contributed by atoms with E-state index in [1.165, 1.54) is 26.3 Å². The van der Waals surface area contributed by atoms with E-state index in [4.69, 9.17) is 5.11 Å². The molecule has 102 valence electrons. The molecule has 0 spiro atoms. The van der Waals surface area contributed by atoms with Gasteiger partial charge in [0.05, 0.1) is 0 Å². The Hall–Kier alpha value is -2.03. The molecule has 1 aliphatic carbocycles. The molecule has 1 saturated carbocycles. The number of likely N-dealkylation sites (N-methyl/N-ethyl adjacent to an activating group) is 1. The number of terminal acetylenes is 1. The van der Waals surface area contributed by atoms with Gasteiger partial charge in [-0.05, 0) is 6.42 Å². The topological polar surface area (TPSA) is 95.5 Å². The molecular weight excluding hydrogens is 236 g/mol. The molecule has 0 aromatic carbocycles. The van der Waals surface area contributed by atoms with Crippen LogP contribution in [-0.2, 0) is 14.4 Å². The maximum absolute atomic E-state index is 11.0. The highest BCUT2D eigenvalue weighted by molar-refractivity contribution is 5.83. The molecule has 1 rings (SSSR count). The second-order valence-electron chi connectivity index (χ2n) is 3.44. The lowest BCUT2D eigenvalue weighted by molar-refractivity contribution is -0.137. The minimum absolute atomic E-state index is 0.0910. The fourth-order valence-electron chi connectivity index (χ4n) is 0.814. The Morgan fingerprint density at radius 2 is 1.83 bits per heavy atom. The lowest BCUT2D eigenvalue weighted by Gasteiger charge is -2.12. The van der Waals surface area contributed by atoms with Gasteiger partial charge in [-0.3, -0.25) is 14.4 Å². The molecule has 0 bridgehead atoms. The summed E-state index contributed by atoms with van der Waals surface area (Å²) >= 11 is 0. The lowest BCUT2D eigenvalue weighted by atomic mass is 10.1. The van der Waals surface area contributed by atoms with E-state index in [0.29, 0.717) is 6.41 Å². The van der Waals surface area contributed by atoms with Crippen molar-refractivity contribution in [1.29, 1.82) is 0 Å². The van der Waals surface area contributed by atoms with Crippen LogP contribution in [0.15, 0.2) is 0 Å². The number of hydrogen-bond acceptors (Lipinski definition) is 3. The third-order valence-electron chi connectivity index (χ3n) is 1.83. The van der Waals surface area contributed by atoms with E-state index in [1.54, 1.807) is 0 Å². The van der Waals surface area contributed by atoms with Gasteiger partial charge in [-0.1, -0.05) is 19.3 Å². The van der Waals surface area contributed by atoms with Crippen LogP contribution < -0.4 is 10.6 Å². The predicted octanol–water partition coefficient (Wildman–Crippen LogP) is 0.131. The first kappa shape index (κ1) is 18.3. The van der Waals surface area contributed by atoms with Crippen LogP contribution in [-0.4, -0.2) is 36.5 Å². The maximum Gasteiger partial charge on any atom is 0.303 e. The molecule has 6 heteroatoms. The third-order valence-corrected chi connectivity index (χ3v) is 1.83. The second-order valence-corrected chi connectivity index (χ2v) is 3.44. The van der Waals surface area contributed by atoms with Crippen LogP contribution in [0.1, 0.15) is 32.1 Å². The number of hydrogen-bond donors (Lipinski definition) is 3. The van der Waals surface area contributed by atoms with Crippen molar-refractivity contribution in [2.24, 2.45) is 0 Å². The van der Waals surface area contributed by atoms with E-state index < -0.39 is 17.9 Å². The van der Waals surface area contributed by atoms with Crippen LogP contribution >= 0.6 is 0 Å². The zero-order chi connectivity index (χ0) is 14.4. The Balaban J connectivity index is 0. The van der Waals surface area contributed by atoms with Gasteiger partial charge in [0.15, 0.2) is 0 Å². The first-order valence-electron chi connectivity index (χ1n) is 5.58. The number of amides is 2. The molecule has 0 aliphatic heterocycles. The fraction of sp³-hybridized carbons (Fsp3) is 0.583. The summed E-state index contributed by atoms with van der Waals surface area (Å²) in [5.41, 5.74) is 0. The maximum atomic E-state index is 11.0. The van der Waals surface area contributed by atoms with Crippen molar-refractivity contribution in [3.05, 3.63) is 0 Å². The van der Waals surface area contributed by atoms with Gasteiger partial charge < -0.3 is 15.7 Å². The Morgan fingerprint density at radius 3 is 2.11 bits per heavy atom. The number of carboxylic acids is 1. The summed E-state index contributed by atoms with van der Waals surface area (Å²) in [5.74, 6) is -1.39. The van der Waals surface area contributed by atoms with Gasteiger partial charge in [0.25, 0.3) is 0 Å². The molecule has 1 aliphatic rings. The quantitative estimate of drug-likeness (QED) is 0.465. The number of carbonyl (C=O) groups is 3. The molecule has 1 fully saturated rings. The lowest BCUT2D eigenvalue weighted by Crippen LogP contribution is -2.42. The van der Waals surface area contributed by atoms with Gasteiger partial charge in [-0.15, -0.1) is 12.8 Å². The molecule has 6 nitrogen and oxygen atoms in total. The second kappa shape index (κ2) is 13.0. The highest BCUT2D eigenvalue weighted by Gasteiger charge is 2.16. The first-order valence-corrected chi connectivity index (χ1v) is 5.58. The summed E-state index contributed by atoms with van der Waals surface area (Å²) < 4.78 is 0. The van der Waals surface area contributed by atoms with Gasteiger partial charge in [0.2, 0.25) is 12.3 Å². The molecule has 0 unspecified atom stereocenters. The van der Waals surface area contributed by atoms with Crippen LogP contribution in [0.4, 0.5) is 0 Å². The summed E-state index contributed by atoms with van der Waals surface area (Å²) in [4.78, 5) is 31.2. The molecule has 0 aromatic rings. The smallest absolute Gasteiger partial charge is 0.303 e. The summed E-state index contributed by atoms with van der Waals surface area (Å²) in [5, 5.41) is 12.9. The monoisotopic (exact) mass is 256 g/mol. The largest absolute Gasteiger partial charge is 0.481 e. The molecule has 0 aromatic heterocycles. The van der Waals surface area contributed by atoms with Crippen molar-refractivity contribution in [3.8, 4) is 12.8 Å². The molecular formula is C12H20N2O4. The third kappa shape index (κ3) is 14.0. The summed E-state index contributed by atoms with van der Waals surface area (Å²) in [6.07, 6.45) is 12.8. The Kier molecular flexibility index (Phi) is 13.3. The SMILES string of the molecule is C#C.C1CC1.CNC(=O)[C@@H](CCC(=O)O)NC=O. The molecule has 0 radical (unpaired) electrons. The van der Waals surface area contributed by atoms with Gasteiger partial charge in [0.1, 0.15) is 6.04 Å². The van der Waals surface area contributed by atoms with Crippen molar-refractivity contribution in [2.75, 3.05) is 7.05 Å². The van der Waals surface area contributed by atoms with Crippen molar-refractivity contribution in [1.82, 2.24) is 10.6 Å². The number of carboxylic acid groups (broad SMARTS) is 1. The van der Waals surface area contributed by atoms with E-state index in [0.717, 1.165) is 0 Å². The predicted molar refractivity (Wildman–Crippen MR) is 67.7 cm³/mol. The average molecular weight is 256 g/mol. The number of rotatable bonds is 6. The molecule has 0 heterocycles. The Morgan fingerprint density at radius 1 is 1.33 bits per heavy atom. The van der Waals surface area contributed by atoms with Crippen LogP contribution in [0.25, 0.3) is 0 Å². The highest BCUT2D eigenvalue weighted by atomic mass is 16.4. The van der Waals surface area contributed by atoms with E-state index in [2.05, 4.69) is 23.5 Å². The van der Waals surface area contributed by atoms with Gasteiger partial charge in [-0.25, -0.2) is 0 Å². The molecule has 1 atom stereocenters. The van der Waals surface area contributed by atoms with Crippen LogP contribution in [0, 0.1) is 12.8 Å².